The average molecular weight is 403 g/mol. The second-order valence-corrected chi connectivity index (χ2v) is 8.55. The molecule has 0 saturated heterocycles. The van der Waals surface area contributed by atoms with Crippen LogP contribution in [0.4, 0.5) is 8.78 Å². The van der Waals surface area contributed by atoms with Crippen LogP contribution in [0.5, 0.6) is 11.5 Å². The van der Waals surface area contributed by atoms with Gasteiger partial charge in [-0.05, 0) is 58.4 Å². The summed E-state index contributed by atoms with van der Waals surface area (Å²) in [6, 6.07) is 7.06. The molecule has 0 amide bonds. The molecule has 0 aliphatic carbocycles. The summed E-state index contributed by atoms with van der Waals surface area (Å²) in [5.41, 5.74) is -1.28. The van der Waals surface area contributed by atoms with E-state index in [2.05, 4.69) is 0 Å². The van der Waals surface area contributed by atoms with E-state index in [0.29, 0.717) is 15.8 Å². The van der Waals surface area contributed by atoms with Crippen molar-refractivity contribution >= 4 is 23.2 Å². The fourth-order valence-corrected chi connectivity index (χ4v) is 2.78. The van der Waals surface area contributed by atoms with Gasteiger partial charge in [0, 0.05) is 23.6 Å². The number of ether oxygens (including phenoxy) is 2. The number of rotatable bonds is 5. The number of hydrogen-bond donors (Lipinski definition) is 0. The van der Waals surface area contributed by atoms with Gasteiger partial charge in [-0.1, -0.05) is 23.2 Å². The molecule has 0 aromatic heterocycles. The van der Waals surface area contributed by atoms with Gasteiger partial charge in [-0.3, -0.25) is 0 Å². The Balaban J connectivity index is 2.23. The third kappa shape index (κ3) is 5.75. The molecule has 26 heavy (non-hydrogen) atoms. The van der Waals surface area contributed by atoms with Gasteiger partial charge >= 0.3 is 0 Å². The zero-order chi connectivity index (χ0) is 19.7. The van der Waals surface area contributed by atoms with Gasteiger partial charge < -0.3 is 9.47 Å². The van der Waals surface area contributed by atoms with Gasteiger partial charge in [-0.2, -0.15) is 0 Å². The Bertz CT molecular complexity index is 799. The highest BCUT2D eigenvalue weighted by Gasteiger charge is 2.26. The first kappa shape index (κ1) is 20.8. The Kier molecular flexibility index (Phi) is 6.09. The summed E-state index contributed by atoms with van der Waals surface area (Å²) in [6.07, 6.45) is 0.133. The largest absolute Gasteiger partial charge is 0.486 e. The maximum absolute atomic E-state index is 14.5. The maximum Gasteiger partial charge on any atom is 0.165 e. The fourth-order valence-electron chi connectivity index (χ4n) is 2.46. The molecule has 0 aliphatic rings. The standard InChI is InChI=1S/C20H22Cl2F2O2/c1-19(2,3)25-18-10-15(23)12(8-16(18)24)11-20(4,5)26-17-9-13(21)6-7-14(17)22/h6-10H,11H2,1-5H3. The van der Waals surface area contributed by atoms with Crippen LogP contribution in [0.25, 0.3) is 0 Å². The Labute approximate surface area is 163 Å². The lowest BCUT2D eigenvalue weighted by molar-refractivity contribution is 0.108. The lowest BCUT2D eigenvalue weighted by Crippen LogP contribution is -2.31. The molecule has 2 aromatic rings. The first-order valence-electron chi connectivity index (χ1n) is 8.17. The van der Waals surface area contributed by atoms with E-state index in [1.807, 2.05) is 0 Å². The summed E-state index contributed by atoms with van der Waals surface area (Å²) in [5.74, 6) is -0.902. The predicted molar refractivity (Wildman–Crippen MR) is 102 cm³/mol. The van der Waals surface area contributed by atoms with Crippen LogP contribution in [0.1, 0.15) is 40.2 Å². The van der Waals surface area contributed by atoms with Gasteiger partial charge in [0.05, 0.1) is 5.02 Å². The van der Waals surface area contributed by atoms with Crippen molar-refractivity contribution in [2.75, 3.05) is 0 Å². The number of halogens is 4. The van der Waals surface area contributed by atoms with Crippen molar-refractivity contribution in [3.8, 4) is 11.5 Å². The molecular weight excluding hydrogens is 381 g/mol. The van der Waals surface area contributed by atoms with Crippen molar-refractivity contribution in [1.29, 1.82) is 0 Å². The van der Waals surface area contributed by atoms with Crippen LogP contribution >= 0.6 is 23.2 Å². The zero-order valence-electron chi connectivity index (χ0n) is 15.4. The molecular formula is C20H22Cl2F2O2. The molecule has 0 N–H and O–H groups in total. The minimum atomic E-state index is -0.839. The molecule has 0 heterocycles. The van der Waals surface area contributed by atoms with Crippen LogP contribution in [0.3, 0.4) is 0 Å². The Hall–Kier alpha value is -1.52. The first-order chi connectivity index (χ1) is 11.9. The minimum Gasteiger partial charge on any atom is -0.486 e. The number of benzene rings is 2. The molecule has 0 spiro atoms. The molecule has 0 radical (unpaired) electrons. The van der Waals surface area contributed by atoms with Gasteiger partial charge in [0.1, 0.15) is 22.8 Å². The van der Waals surface area contributed by atoms with Crippen LogP contribution in [0.15, 0.2) is 30.3 Å². The lowest BCUT2D eigenvalue weighted by Gasteiger charge is -2.28. The second-order valence-electron chi connectivity index (χ2n) is 7.70. The van der Waals surface area contributed by atoms with Crippen molar-refractivity contribution in [1.82, 2.24) is 0 Å². The number of hydrogen-bond acceptors (Lipinski definition) is 2. The van der Waals surface area contributed by atoms with Gasteiger partial charge in [0.2, 0.25) is 0 Å². The lowest BCUT2D eigenvalue weighted by atomic mass is 9.97. The molecule has 0 unspecified atom stereocenters. The first-order valence-corrected chi connectivity index (χ1v) is 8.93. The molecule has 0 atom stereocenters. The van der Waals surface area contributed by atoms with Crippen molar-refractivity contribution in [2.24, 2.45) is 0 Å². The SMILES string of the molecule is CC(C)(C)Oc1cc(F)c(CC(C)(C)Oc2cc(Cl)ccc2Cl)cc1F. The Morgan fingerprint density at radius 2 is 1.50 bits per heavy atom. The van der Waals surface area contributed by atoms with E-state index in [4.69, 9.17) is 32.7 Å². The molecule has 6 heteroatoms. The molecule has 0 saturated carbocycles. The van der Waals surface area contributed by atoms with E-state index < -0.39 is 22.8 Å². The zero-order valence-corrected chi connectivity index (χ0v) is 16.9. The van der Waals surface area contributed by atoms with Crippen LogP contribution in [-0.2, 0) is 6.42 Å². The Morgan fingerprint density at radius 1 is 0.846 bits per heavy atom. The average Bonchev–Trinajstić information content (AvgIpc) is 2.46. The topological polar surface area (TPSA) is 18.5 Å². The summed E-state index contributed by atoms with van der Waals surface area (Å²) < 4.78 is 40.1. The highest BCUT2D eigenvalue weighted by molar-refractivity contribution is 6.34. The highest BCUT2D eigenvalue weighted by Crippen LogP contribution is 2.33. The van der Waals surface area contributed by atoms with Crippen molar-refractivity contribution in [2.45, 2.75) is 52.2 Å². The summed E-state index contributed by atoms with van der Waals surface area (Å²) in [4.78, 5) is 0. The van der Waals surface area contributed by atoms with Crippen LogP contribution < -0.4 is 9.47 Å². The second kappa shape index (κ2) is 7.61. The summed E-state index contributed by atoms with van der Waals surface area (Å²) in [6.45, 7) is 8.83. The van der Waals surface area contributed by atoms with Crippen LogP contribution in [-0.4, -0.2) is 11.2 Å². The van der Waals surface area contributed by atoms with Crippen LogP contribution in [0, 0.1) is 11.6 Å². The van der Waals surface area contributed by atoms with Gasteiger partial charge in [-0.25, -0.2) is 8.78 Å². The van der Waals surface area contributed by atoms with Gasteiger partial charge in [0.25, 0.3) is 0 Å². The smallest absolute Gasteiger partial charge is 0.165 e. The quantitative estimate of drug-likeness (QED) is 0.544. The van der Waals surface area contributed by atoms with Gasteiger partial charge in [0.15, 0.2) is 11.6 Å². The summed E-state index contributed by atoms with van der Waals surface area (Å²) in [5, 5.41) is 0.865. The van der Waals surface area contributed by atoms with Crippen molar-refractivity contribution < 1.29 is 18.3 Å². The predicted octanol–water partition coefficient (Wildman–Crippen LogP) is 6.85. The van der Waals surface area contributed by atoms with Crippen molar-refractivity contribution in [3.05, 3.63) is 57.6 Å². The maximum atomic E-state index is 14.5. The van der Waals surface area contributed by atoms with E-state index in [1.165, 1.54) is 0 Å². The molecule has 0 bridgehead atoms. The minimum absolute atomic E-state index is 0.115. The normalized spacial score (nSPS) is 12.2. The van der Waals surface area contributed by atoms with E-state index in [1.54, 1.807) is 52.8 Å². The summed E-state index contributed by atoms with van der Waals surface area (Å²) in [7, 11) is 0. The Morgan fingerprint density at radius 3 is 2.12 bits per heavy atom. The molecule has 2 rings (SSSR count). The summed E-state index contributed by atoms with van der Waals surface area (Å²) >= 11 is 12.1. The third-order valence-corrected chi connectivity index (χ3v) is 3.96. The molecule has 2 aromatic carbocycles. The van der Waals surface area contributed by atoms with E-state index in [9.17, 15) is 8.78 Å². The van der Waals surface area contributed by atoms with E-state index in [-0.39, 0.29) is 17.7 Å². The highest BCUT2D eigenvalue weighted by atomic mass is 35.5. The monoisotopic (exact) mass is 402 g/mol. The van der Waals surface area contributed by atoms with Crippen LogP contribution in [0.2, 0.25) is 10.0 Å². The third-order valence-electron chi connectivity index (χ3n) is 3.41. The molecule has 2 nitrogen and oxygen atoms in total. The molecule has 142 valence electrons. The van der Waals surface area contributed by atoms with E-state index >= 15 is 0 Å². The van der Waals surface area contributed by atoms with Crippen molar-refractivity contribution in [3.63, 3.8) is 0 Å². The molecule has 0 aliphatic heterocycles. The van der Waals surface area contributed by atoms with Gasteiger partial charge in [-0.15, -0.1) is 0 Å². The van der Waals surface area contributed by atoms with E-state index in [0.717, 1.165) is 12.1 Å². The molecule has 0 fully saturated rings. The fraction of sp³-hybridized carbons (Fsp3) is 0.400.